The van der Waals surface area contributed by atoms with Gasteiger partial charge < -0.3 is 10.0 Å². The molecule has 3 rings (SSSR count). The molecule has 1 aliphatic heterocycles. The Morgan fingerprint density at radius 3 is 2.54 bits per heavy atom. The fourth-order valence-corrected chi connectivity index (χ4v) is 3.34. The molecule has 2 aromatic rings. The largest absolute Gasteiger partial charge is 0.388 e. The molecule has 6 heteroatoms. The number of nitrogens with zero attached hydrogens (tertiary/aromatic N) is 4. The summed E-state index contributed by atoms with van der Waals surface area (Å²) >= 11 is 0. The lowest BCUT2D eigenvalue weighted by atomic mass is 9.96. The maximum atomic E-state index is 12.9. The molecule has 1 unspecified atom stereocenters. The van der Waals surface area contributed by atoms with Gasteiger partial charge in [0.1, 0.15) is 0 Å². The van der Waals surface area contributed by atoms with Crippen LogP contribution in [-0.2, 0) is 0 Å². The second-order valence-electron chi connectivity index (χ2n) is 7.08. The van der Waals surface area contributed by atoms with Crippen LogP contribution in [0.25, 0.3) is 5.69 Å². The van der Waals surface area contributed by atoms with Crippen LogP contribution >= 0.6 is 0 Å². The van der Waals surface area contributed by atoms with Gasteiger partial charge in [-0.2, -0.15) is 0 Å². The zero-order valence-corrected chi connectivity index (χ0v) is 14.7. The van der Waals surface area contributed by atoms with Crippen LogP contribution in [0.2, 0.25) is 0 Å². The third kappa shape index (κ3) is 2.94. The molecule has 1 aliphatic rings. The molecule has 2 heterocycles. The molecule has 24 heavy (non-hydrogen) atoms. The number of hydrogen-bond acceptors (Lipinski definition) is 4. The average molecular weight is 328 g/mol. The molecule has 0 bridgehead atoms. The Balaban J connectivity index is 1.90. The Bertz CT molecular complexity index is 743. The summed E-state index contributed by atoms with van der Waals surface area (Å²) < 4.78 is 1.68. The highest BCUT2D eigenvalue weighted by Crippen LogP contribution is 2.28. The van der Waals surface area contributed by atoms with Crippen molar-refractivity contribution in [1.29, 1.82) is 0 Å². The van der Waals surface area contributed by atoms with Gasteiger partial charge in [-0.1, -0.05) is 22.9 Å². The zero-order valence-electron chi connectivity index (χ0n) is 14.7. The van der Waals surface area contributed by atoms with Crippen molar-refractivity contribution < 1.29 is 9.90 Å². The number of aromatic nitrogens is 3. The fourth-order valence-electron chi connectivity index (χ4n) is 3.34. The van der Waals surface area contributed by atoms with Crippen molar-refractivity contribution in [2.45, 2.75) is 52.2 Å². The van der Waals surface area contributed by atoms with Crippen LogP contribution in [0.1, 0.15) is 48.4 Å². The molecule has 0 spiro atoms. The van der Waals surface area contributed by atoms with Crippen molar-refractivity contribution >= 4 is 5.91 Å². The highest BCUT2D eigenvalue weighted by atomic mass is 16.3. The molecule has 1 aromatic heterocycles. The fraction of sp³-hybridized carbons (Fsp3) is 0.500. The predicted octanol–water partition coefficient (Wildman–Crippen LogP) is 2.26. The molecule has 128 valence electrons. The highest BCUT2D eigenvalue weighted by molar-refractivity contribution is 5.93. The lowest BCUT2D eigenvalue weighted by molar-refractivity contribution is 0.0000797. The summed E-state index contributed by atoms with van der Waals surface area (Å²) in [4.78, 5) is 14.7. The highest BCUT2D eigenvalue weighted by Gasteiger charge is 2.40. The average Bonchev–Trinajstić information content (AvgIpc) is 3.14. The minimum absolute atomic E-state index is 0.157. The molecule has 1 fully saturated rings. The lowest BCUT2D eigenvalue weighted by Gasteiger charge is -2.33. The van der Waals surface area contributed by atoms with E-state index in [1.54, 1.807) is 23.4 Å². The van der Waals surface area contributed by atoms with E-state index in [0.29, 0.717) is 17.9 Å². The van der Waals surface area contributed by atoms with Gasteiger partial charge in [-0.3, -0.25) is 4.79 Å². The van der Waals surface area contributed by atoms with Crippen molar-refractivity contribution in [3.8, 4) is 5.69 Å². The van der Waals surface area contributed by atoms with E-state index >= 15 is 0 Å². The number of rotatable bonds is 3. The van der Waals surface area contributed by atoms with E-state index in [0.717, 1.165) is 24.1 Å². The third-order valence-corrected chi connectivity index (χ3v) is 4.70. The quantitative estimate of drug-likeness (QED) is 0.938. The number of hydrogen-bond donors (Lipinski definition) is 1. The second kappa shape index (κ2) is 6.02. The van der Waals surface area contributed by atoms with Gasteiger partial charge in [0.25, 0.3) is 5.91 Å². The van der Waals surface area contributed by atoms with Crippen molar-refractivity contribution in [3.63, 3.8) is 0 Å². The molecular formula is C18H24N4O2. The minimum Gasteiger partial charge on any atom is -0.388 e. The maximum absolute atomic E-state index is 12.9. The monoisotopic (exact) mass is 328 g/mol. The number of amides is 1. The number of carbonyl (C=O) groups is 1. The van der Waals surface area contributed by atoms with Crippen LogP contribution in [0.15, 0.2) is 24.3 Å². The molecule has 1 amide bonds. The standard InChI is InChI=1S/C18H24N4O2/c1-12-7-9-14(10-8-12)22-13(2)16(19-20-22)17(23)21-11-5-6-15(21)18(3,4)24/h7-10,15,24H,5-6,11H2,1-4H3. The van der Waals surface area contributed by atoms with Gasteiger partial charge in [0.05, 0.1) is 23.0 Å². The molecule has 1 N–H and O–H groups in total. The van der Waals surface area contributed by atoms with E-state index < -0.39 is 5.60 Å². The number of likely N-dealkylation sites (tertiary alicyclic amines) is 1. The first-order chi connectivity index (χ1) is 11.3. The summed E-state index contributed by atoms with van der Waals surface area (Å²) in [6.07, 6.45) is 1.70. The third-order valence-electron chi connectivity index (χ3n) is 4.70. The van der Waals surface area contributed by atoms with Gasteiger partial charge in [-0.05, 0) is 52.7 Å². The molecule has 0 radical (unpaired) electrons. The van der Waals surface area contributed by atoms with Crippen LogP contribution in [0.3, 0.4) is 0 Å². The van der Waals surface area contributed by atoms with Gasteiger partial charge in [-0.15, -0.1) is 5.10 Å². The molecule has 1 aromatic carbocycles. The van der Waals surface area contributed by atoms with Gasteiger partial charge in [0.15, 0.2) is 5.69 Å². The number of aryl methyl sites for hydroxylation is 1. The summed E-state index contributed by atoms with van der Waals surface area (Å²) in [5.41, 5.74) is 2.19. The normalized spacial score (nSPS) is 18.2. The Kier molecular flexibility index (Phi) is 4.17. The number of benzene rings is 1. The van der Waals surface area contributed by atoms with Crippen LogP contribution in [-0.4, -0.2) is 49.1 Å². The first-order valence-electron chi connectivity index (χ1n) is 8.31. The van der Waals surface area contributed by atoms with Crippen molar-refractivity contribution in [1.82, 2.24) is 19.9 Å². The molecule has 1 atom stereocenters. The van der Waals surface area contributed by atoms with Crippen molar-refractivity contribution in [2.24, 2.45) is 0 Å². The summed E-state index contributed by atoms with van der Waals surface area (Å²) in [7, 11) is 0. The summed E-state index contributed by atoms with van der Waals surface area (Å²) in [5.74, 6) is -0.157. The maximum Gasteiger partial charge on any atom is 0.276 e. The van der Waals surface area contributed by atoms with E-state index in [1.807, 2.05) is 38.1 Å². The van der Waals surface area contributed by atoms with Gasteiger partial charge in [-0.25, -0.2) is 4.68 Å². The smallest absolute Gasteiger partial charge is 0.276 e. The van der Waals surface area contributed by atoms with E-state index in [1.165, 1.54) is 0 Å². The van der Waals surface area contributed by atoms with Crippen molar-refractivity contribution in [3.05, 3.63) is 41.2 Å². The summed E-state index contributed by atoms with van der Waals surface area (Å²) in [6, 6.07) is 7.74. The van der Waals surface area contributed by atoms with Crippen LogP contribution in [0.4, 0.5) is 0 Å². The van der Waals surface area contributed by atoms with E-state index in [-0.39, 0.29) is 11.9 Å². The first-order valence-corrected chi connectivity index (χ1v) is 8.31. The Morgan fingerprint density at radius 2 is 1.92 bits per heavy atom. The van der Waals surface area contributed by atoms with Gasteiger partial charge in [0.2, 0.25) is 0 Å². The molecule has 1 saturated heterocycles. The van der Waals surface area contributed by atoms with E-state index in [2.05, 4.69) is 10.3 Å². The topological polar surface area (TPSA) is 71.2 Å². The van der Waals surface area contributed by atoms with Gasteiger partial charge in [0, 0.05) is 6.54 Å². The predicted molar refractivity (Wildman–Crippen MR) is 91.2 cm³/mol. The number of aliphatic hydroxyl groups is 1. The summed E-state index contributed by atoms with van der Waals surface area (Å²) in [5, 5.41) is 18.6. The molecule has 6 nitrogen and oxygen atoms in total. The van der Waals surface area contributed by atoms with Crippen molar-refractivity contribution in [2.75, 3.05) is 6.54 Å². The van der Waals surface area contributed by atoms with E-state index in [4.69, 9.17) is 0 Å². The van der Waals surface area contributed by atoms with Gasteiger partial charge >= 0.3 is 0 Å². The molecular weight excluding hydrogens is 304 g/mol. The first kappa shape index (κ1) is 16.6. The second-order valence-corrected chi connectivity index (χ2v) is 7.08. The zero-order chi connectivity index (χ0) is 17.5. The Labute approximate surface area is 142 Å². The molecule has 0 aliphatic carbocycles. The number of carbonyl (C=O) groups excluding carboxylic acids is 1. The van der Waals surface area contributed by atoms with Crippen LogP contribution in [0, 0.1) is 13.8 Å². The Morgan fingerprint density at radius 1 is 1.25 bits per heavy atom. The van der Waals surface area contributed by atoms with Crippen LogP contribution < -0.4 is 0 Å². The lowest BCUT2D eigenvalue weighted by Crippen LogP contribution is -2.48. The minimum atomic E-state index is -0.924. The Hall–Kier alpha value is -2.21. The summed E-state index contributed by atoms with van der Waals surface area (Å²) in [6.45, 7) is 8.02. The molecule has 0 saturated carbocycles. The van der Waals surface area contributed by atoms with Crippen LogP contribution in [0.5, 0.6) is 0 Å². The SMILES string of the molecule is Cc1ccc(-n2nnc(C(=O)N3CCCC3C(C)(C)O)c2C)cc1. The van der Waals surface area contributed by atoms with E-state index in [9.17, 15) is 9.90 Å².